The van der Waals surface area contributed by atoms with E-state index in [0.717, 1.165) is 51.7 Å². The number of nitrogens with zero attached hydrogens (tertiary/aromatic N) is 1. The van der Waals surface area contributed by atoms with Crippen molar-refractivity contribution in [2.75, 3.05) is 19.6 Å². The van der Waals surface area contributed by atoms with Crippen LogP contribution in [0.3, 0.4) is 0 Å². The molecule has 0 bridgehead atoms. The summed E-state index contributed by atoms with van der Waals surface area (Å²) in [6.07, 6.45) is 5.46. The lowest BCUT2D eigenvalue weighted by Crippen LogP contribution is -2.46. The van der Waals surface area contributed by atoms with Gasteiger partial charge in [-0.15, -0.1) is 0 Å². The molecule has 1 aliphatic carbocycles. The Bertz CT molecular complexity index is 262. The van der Waals surface area contributed by atoms with Gasteiger partial charge in [-0.25, -0.2) is 0 Å². The second-order valence-electron chi connectivity index (χ2n) is 5.48. The van der Waals surface area contributed by atoms with Crippen LogP contribution in [0.5, 0.6) is 0 Å². The van der Waals surface area contributed by atoms with E-state index in [4.69, 9.17) is 0 Å². The van der Waals surface area contributed by atoms with E-state index in [-0.39, 0.29) is 12.0 Å². The minimum atomic E-state index is -0.109. The molecule has 2 atom stereocenters. The molecule has 0 aromatic heterocycles. The Labute approximate surface area is 103 Å². The van der Waals surface area contributed by atoms with Crippen molar-refractivity contribution >= 4 is 5.91 Å². The third-order valence-electron chi connectivity index (χ3n) is 4.20. The standard InChI is InChI=1S/C13H24N2O2/c1-10(16)14-9-11-5-7-15(8-6-11)12-3-2-4-13(12)17/h11-13,17H,2-9H2,1H3,(H,14,16). The normalized spacial score (nSPS) is 31.6. The van der Waals surface area contributed by atoms with Gasteiger partial charge in [-0.1, -0.05) is 0 Å². The van der Waals surface area contributed by atoms with Gasteiger partial charge in [0, 0.05) is 19.5 Å². The second-order valence-corrected chi connectivity index (χ2v) is 5.48. The number of likely N-dealkylation sites (tertiary alicyclic amines) is 1. The third-order valence-corrected chi connectivity index (χ3v) is 4.20. The molecule has 2 aliphatic rings. The first-order chi connectivity index (χ1) is 8.16. The highest BCUT2D eigenvalue weighted by Crippen LogP contribution is 2.28. The summed E-state index contributed by atoms with van der Waals surface area (Å²) in [5.41, 5.74) is 0. The zero-order valence-electron chi connectivity index (χ0n) is 10.7. The topological polar surface area (TPSA) is 52.6 Å². The predicted octanol–water partition coefficient (Wildman–Crippen LogP) is 0.748. The lowest BCUT2D eigenvalue weighted by Gasteiger charge is -2.37. The van der Waals surface area contributed by atoms with Crippen LogP contribution < -0.4 is 5.32 Å². The summed E-state index contributed by atoms with van der Waals surface area (Å²) in [5, 5.41) is 12.8. The number of carbonyl (C=O) groups is 1. The highest BCUT2D eigenvalue weighted by Gasteiger charge is 2.32. The number of hydrogen-bond donors (Lipinski definition) is 2. The Kier molecular flexibility index (Phi) is 4.40. The van der Waals surface area contributed by atoms with Gasteiger partial charge in [0.25, 0.3) is 0 Å². The monoisotopic (exact) mass is 240 g/mol. The van der Waals surface area contributed by atoms with Crippen LogP contribution in [0.4, 0.5) is 0 Å². The summed E-state index contributed by atoms with van der Waals surface area (Å²) in [6, 6.07) is 0.400. The largest absolute Gasteiger partial charge is 0.391 e. The first kappa shape index (κ1) is 12.8. The van der Waals surface area contributed by atoms with Crippen LogP contribution in [0, 0.1) is 5.92 Å². The van der Waals surface area contributed by atoms with Crippen molar-refractivity contribution < 1.29 is 9.90 Å². The molecule has 4 heteroatoms. The maximum Gasteiger partial charge on any atom is 0.216 e. The molecule has 1 saturated carbocycles. The molecule has 2 unspecified atom stereocenters. The number of nitrogens with one attached hydrogen (secondary N) is 1. The Hall–Kier alpha value is -0.610. The molecular formula is C13H24N2O2. The zero-order valence-corrected chi connectivity index (χ0v) is 10.7. The summed E-state index contributed by atoms with van der Waals surface area (Å²) < 4.78 is 0. The molecule has 0 aromatic carbocycles. The number of hydrogen-bond acceptors (Lipinski definition) is 3. The van der Waals surface area contributed by atoms with Crippen LogP contribution in [0.15, 0.2) is 0 Å². The number of piperidine rings is 1. The van der Waals surface area contributed by atoms with Gasteiger partial charge in [-0.2, -0.15) is 0 Å². The maximum atomic E-state index is 10.8. The van der Waals surface area contributed by atoms with Crippen molar-refractivity contribution in [2.45, 2.75) is 51.2 Å². The minimum absolute atomic E-state index is 0.0682. The number of amides is 1. The van der Waals surface area contributed by atoms with E-state index in [1.165, 1.54) is 0 Å². The SMILES string of the molecule is CC(=O)NCC1CCN(C2CCCC2O)CC1. The van der Waals surface area contributed by atoms with Crippen LogP contribution in [0.1, 0.15) is 39.0 Å². The maximum absolute atomic E-state index is 10.8. The molecule has 2 fully saturated rings. The molecule has 98 valence electrons. The average molecular weight is 240 g/mol. The second kappa shape index (κ2) is 5.83. The van der Waals surface area contributed by atoms with Crippen molar-refractivity contribution in [1.82, 2.24) is 10.2 Å². The Morgan fingerprint density at radius 1 is 1.29 bits per heavy atom. The molecule has 17 heavy (non-hydrogen) atoms. The van der Waals surface area contributed by atoms with Gasteiger partial charge in [0.15, 0.2) is 0 Å². The molecule has 1 aliphatic heterocycles. The average Bonchev–Trinajstić information content (AvgIpc) is 2.73. The van der Waals surface area contributed by atoms with Gasteiger partial charge in [-0.3, -0.25) is 9.69 Å². The fourth-order valence-corrected chi connectivity index (χ4v) is 3.12. The summed E-state index contributed by atoms with van der Waals surface area (Å²) in [5.74, 6) is 0.687. The first-order valence-electron chi connectivity index (χ1n) is 6.83. The minimum Gasteiger partial charge on any atom is -0.391 e. The Balaban J connectivity index is 1.72. The lowest BCUT2D eigenvalue weighted by molar-refractivity contribution is -0.119. The van der Waals surface area contributed by atoms with Gasteiger partial charge in [0.05, 0.1) is 6.10 Å². The summed E-state index contributed by atoms with van der Waals surface area (Å²) in [6.45, 7) is 4.54. The van der Waals surface area contributed by atoms with Crippen LogP contribution >= 0.6 is 0 Å². The van der Waals surface area contributed by atoms with E-state index in [1.807, 2.05) is 0 Å². The fourth-order valence-electron chi connectivity index (χ4n) is 3.12. The summed E-state index contributed by atoms with van der Waals surface area (Å²) in [7, 11) is 0. The van der Waals surface area contributed by atoms with Gasteiger partial charge < -0.3 is 10.4 Å². The fraction of sp³-hybridized carbons (Fsp3) is 0.923. The van der Waals surface area contributed by atoms with E-state index < -0.39 is 0 Å². The zero-order chi connectivity index (χ0) is 12.3. The smallest absolute Gasteiger partial charge is 0.216 e. The van der Waals surface area contributed by atoms with E-state index in [9.17, 15) is 9.90 Å². The molecule has 0 spiro atoms. The van der Waals surface area contributed by atoms with E-state index in [2.05, 4.69) is 10.2 Å². The van der Waals surface area contributed by atoms with Gasteiger partial charge in [-0.05, 0) is 51.1 Å². The molecule has 1 heterocycles. The Morgan fingerprint density at radius 2 is 2.00 bits per heavy atom. The van der Waals surface area contributed by atoms with E-state index in [1.54, 1.807) is 6.92 Å². The van der Waals surface area contributed by atoms with Gasteiger partial charge in [0.1, 0.15) is 0 Å². The van der Waals surface area contributed by atoms with Crippen molar-refractivity contribution in [3.63, 3.8) is 0 Å². The predicted molar refractivity (Wildman–Crippen MR) is 66.6 cm³/mol. The lowest BCUT2D eigenvalue weighted by atomic mass is 9.95. The van der Waals surface area contributed by atoms with Crippen LogP contribution in [0.2, 0.25) is 0 Å². The molecule has 2 rings (SSSR count). The number of aliphatic hydroxyl groups is 1. The summed E-state index contributed by atoms with van der Waals surface area (Å²) in [4.78, 5) is 13.3. The van der Waals surface area contributed by atoms with Crippen molar-refractivity contribution in [3.05, 3.63) is 0 Å². The molecule has 2 N–H and O–H groups in total. The molecule has 1 saturated heterocycles. The van der Waals surface area contributed by atoms with Crippen molar-refractivity contribution in [1.29, 1.82) is 0 Å². The molecule has 4 nitrogen and oxygen atoms in total. The molecule has 1 amide bonds. The quantitative estimate of drug-likeness (QED) is 0.765. The van der Waals surface area contributed by atoms with Crippen molar-refractivity contribution in [2.24, 2.45) is 5.92 Å². The van der Waals surface area contributed by atoms with Crippen LogP contribution in [0.25, 0.3) is 0 Å². The van der Waals surface area contributed by atoms with E-state index in [0.29, 0.717) is 12.0 Å². The Morgan fingerprint density at radius 3 is 2.53 bits per heavy atom. The van der Waals surface area contributed by atoms with Gasteiger partial charge >= 0.3 is 0 Å². The molecule has 0 radical (unpaired) electrons. The van der Waals surface area contributed by atoms with Crippen LogP contribution in [-0.2, 0) is 4.79 Å². The third kappa shape index (κ3) is 3.42. The van der Waals surface area contributed by atoms with Crippen molar-refractivity contribution in [3.8, 4) is 0 Å². The number of carbonyl (C=O) groups excluding carboxylic acids is 1. The molecule has 0 aromatic rings. The molecular weight excluding hydrogens is 216 g/mol. The van der Waals surface area contributed by atoms with Crippen LogP contribution in [-0.4, -0.2) is 47.7 Å². The summed E-state index contributed by atoms with van der Waals surface area (Å²) >= 11 is 0. The van der Waals surface area contributed by atoms with Gasteiger partial charge in [0.2, 0.25) is 5.91 Å². The highest BCUT2D eigenvalue weighted by atomic mass is 16.3. The number of rotatable bonds is 3. The first-order valence-corrected chi connectivity index (χ1v) is 6.83. The number of aliphatic hydroxyl groups excluding tert-OH is 1. The highest BCUT2D eigenvalue weighted by molar-refractivity contribution is 5.72. The van der Waals surface area contributed by atoms with E-state index >= 15 is 0 Å².